The van der Waals surface area contributed by atoms with Gasteiger partial charge in [0.15, 0.2) is 6.29 Å². The molecular formula is C63H78N8O14. The summed E-state index contributed by atoms with van der Waals surface area (Å²) in [5.41, 5.74) is 1.12. The Bertz CT molecular complexity index is 2980. The first-order valence-corrected chi connectivity index (χ1v) is 28.2. The molecule has 22 heteroatoms. The number of alkyl carbamates (subject to hydrolysis) is 1. The predicted octanol–water partition coefficient (Wildman–Crippen LogP) is 4.81. The fourth-order valence-corrected chi connectivity index (χ4v) is 10.4. The van der Waals surface area contributed by atoms with Crippen LogP contribution in [0.1, 0.15) is 75.9 Å². The molecule has 3 atom stereocenters. The number of esters is 2. The number of ether oxygens (including phenoxy) is 6. The first-order chi connectivity index (χ1) is 40.5. The van der Waals surface area contributed by atoms with Crippen molar-refractivity contribution in [1.29, 1.82) is 0 Å². The quantitative estimate of drug-likeness (QED) is 0.0378. The van der Waals surface area contributed by atoms with Crippen LogP contribution >= 0.6 is 0 Å². The fraction of sp³-hybridized carbons (Fsp3) is 0.444. The molecule has 0 bridgehead atoms. The molecule has 2 saturated heterocycles. The molecule has 22 nitrogen and oxygen atoms in total. The summed E-state index contributed by atoms with van der Waals surface area (Å²) in [4.78, 5) is 125. The normalized spacial score (nSPS) is 16.2. The van der Waals surface area contributed by atoms with Gasteiger partial charge in [-0.2, -0.15) is 0 Å². The number of carbonyl (C=O) groups excluding carboxylic acids is 8. The van der Waals surface area contributed by atoms with Crippen molar-refractivity contribution in [1.82, 2.24) is 39.4 Å². The number of hydrogen-bond acceptors (Lipinski definition) is 15. The molecule has 6 amide bonds. The molecule has 0 spiro atoms. The van der Waals surface area contributed by atoms with Crippen LogP contribution in [0.3, 0.4) is 0 Å². The molecule has 5 aromatic rings. The van der Waals surface area contributed by atoms with Crippen LogP contribution in [-0.2, 0) is 80.5 Å². The molecule has 85 heavy (non-hydrogen) atoms. The van der Waals surface area contributed by atoms with Crippen LogP contribution in [0, 0.1) is 0 Å². The van der Waals surface area contributed by atoms with Crippen molar-refractivity contribution < 1.29 is 66.8 Å². The third kappa shape index (κ3) is 16.7. The molecule has 7 rings (SSSR count). The Morgan fingerprint density at radius 2 is 1.16 bits per heavy atom. The van der Waals surface area contributed by atoms with Crippen LogP contribution in [0.25, 0.3) is 0 Å². The third-order valence-electron chi connectivity index (χ3n) is 14.5. The van der Waals surface area contributed by atoms with Gasteiger partial charge in [-0.3, -0.25) is 33.6 Å². The van der Waals surface area contributed by atoms with Gasteiger partial charge in [0.25, 0.3) is 0 Å². The van der Waals surface area contributed by atoms with E-state index in [0.717, 1.165) is 21.6 Å². The number of rotatable bonds is 24. The zero-order valence-electron chi connectivity index (χ0n) is 49.8. The Kier molecular flexibility index (Phi) is 21.8. The van der Waals surface area contributed by atoms with E-state index in [-0.39, 0.29) is 52.4 Å². The number of carbonyl (C=O) groups is 8. The number of hydrogen-bond donors (Lipinski definition) is 1. The standard InChI is InChI=1S/C63H78N8O14/c1-61(2,3)84-42-49(65-60(79)83-41-44-22-14-10-15-23-44)57(76)68(40-56(81-8)82-9)38-53(73)70-32-30-66(37-52(72)71-33-31-67(39-55(75)80-7)59(78)51(71)35-54(74)85-62(4,5)6)58(77)50(70)34-48-36-69(43-64-48)63(45-24-16-11-17-25-45,46-26-18-12-19-27-46)47-28-20-13-21-29-47/h10-29,36,43,49-51,56H,30-35,37-42H2,1-9H3,(H,65,79)/t49-,50-,51-/m0/s1. The van der Waals surface area contributed by atoms with E-state index in [0.29, 0.717) is 11.3 Å². The molecule has 4 aromatic carbocycles. The van der Waals surface area contributed by atoms with E-state index in [1.165, 1.54) is 40.9 Å². The van der Waals surface area contributed by atoms with Gasteiger partial charge < -0.3 is 62.8 Å². The third-order valence-corrected chi connectivity index (χ3v) is 14.5. The minimum atomic E-state index is -1.39. The Hall–Kier alpha value is -8.47. The van der Waals surface area contributed by atoms with E-state index in [2.05, 4.69) is 5.32 Å². The average molecular weight is 1170 g/mol. The van der Waals surface area contributed by atoms with Crippen molar-refractivity contribution >= 4 is 47.6 Å². The molecule has 0 radical (unpaired) electrons. The maximum Gasteiger partial charge on any atom is 0.408 e. The number of benzene rings is 4. The summed E-state index contributed by atoms with van der Waals surface area (Å²) in [7, 11) is 3.92. The Morgan fingerprint density at radius 1 is 0.647 bits per heavy atom. The van der Waals surface area contributed by atoms with Crippen LogP contribution in [0.2, 0.25) is 0 Å². The van der Waals surface area contributed by atoms with Gasteiger partial charge in [0.05, 0.1) is 50.8 Å². The first-order valence-electron chi connectivity index (χ1n) is 28.2. The molecule has 0 saturated carbocycles. The lowest BCUT2D eigenvalue weighted by Crippen LogP contribution is -2.65. The van der Waals surface area contributed by atoms with Gasteiger partial charge in [0.2, 0.25) is 29.5 Å². The highest BCUT2D eigenvalue weighted by Gasteiger charge is 2.45. The van der Waals surface area contributed by atoms with Crippen molar-refractivity contribution in [3.05, 3.63) is 162 Å². The molecule has 0 aliphatic carbocycles. The van der Waals surface area contributed by atoms with E-state index >= 15 is 9.59 Å². The van der Waals surface area contributed by atoms with Gasteiger partial charge in [-0.25, -0.2) is 9.78 Å². The fourth-order valence-electron chi connectivity index (χ4n) is 10.4. The van der Waals surface area contributed by atoms with E-state index < -0.39 is 115 Å². The highest BCUT2D eigenvalue weighted by Crippen LogP contribution is 2.41. The SMILES string of the molecule is COC(=O)CN1CCN(C(=O)CN2CCN(C(=O)CN(CC(OC)OC)C(=O)[C@H](COC(C)(C)C)NC(=O)OCc3ccccc3)[C@@H](Cc3cn(C(c4ccccc4)(c4ccccc4)c4ccccc4)cn3)C2=O)[C@@H](CC(=O)OC(C)(C)C)C1=O. The lowest BCUT2D eigenvalue weighted by atomic mass is 9.77. The topological polar surface area (TPSA) is 238 Å². The van der Waals surface area contributed by atoms with E-state index in [1.807, 2.05) is 108 Å². The number of nitrogens with zero attached hydrogens (tertiary/aromatic N) is 7. The van der Waals surface area contributed by atoms with Crippen molar-refractivity contribution in [2.45, 2.75) is 102 Å². The number of amides is 6. The summed E-state index contributed by atoms with van der Waals surface area (Å²) in [6.07, 6.45) is 0.824. The molecule has 0 unspecified atom stereocenters. The van der Waals surface area contributed by atoms with Crippen LogP contribution in [-0.4, -0.2) is 198 Å². The maximum atomic E-state index is 15.4. The lowest BCUT2D eigenvalue weighted by Gasteiger charge is -2.43. The van der Waals surface area contributed by atoms with Crippen LogP contribution in [0.5, 0.6) is 0 Å². The van der Waals surface area contributed by atoms with Gasteiger partial charge in [-0.05, 0) is 63.8 Å². The summed E-state index contributed by atoms with van der Waals surface area (Å²) in [5.74, 6) is -4.89. The average Bonchev–Trinajstić information content (AvgIpc) is 2.62. The first kappa shape index (κ1) is 64.1. The summed E-state index contributed by atoms with van der Waals surface area (Å²) >= 11 is 0. The van der Waals surface area contributed by atoms with Gasteiger partial charge in [-0.15, -0.1) is 0 Å². The number of methoxy groups -OCH3 is 3. The molecule has 1 N–H and O–H groups in total. The molecule has 3 heterocycles. The molecule has 1 aromatic heterocycles. The van der Waals surface area contributed by atoms with Gasteiger partial charge in [0, 0.05) is 53.0 Å². The van der Waals surface area contributed by atoms with Crippen molar-refractivity contribution in [3.63, 3.8) is 0 Å². The molecule has 2 fully saturated rings. The second-order valence-electron chi connectivity index (χ2n) is 22.7. The molecule has 2 aliphatic heterocycles. The van der Waals surface area contributed by atoms with E-state index in [9.17, 15) is 28.8 Å². The molecular weight excluding hydrogens is 1090 g/mol. The van der Waals surface area contributed by atoms with Crippen LogP contribution in [0.4, 0.5) is 4.79 Å². The predicted molar refractivity (Wildman–Crippen MR) is 311 cm³/mol. The Morgan fingerprint density at radius 3 is 1.68 bits per heavy atom. The summed E-state index contributed by atoms with van der Waals surface area (Å²) < 4.78 is 35.0. The number of nitrogens with one attached hydrogen (secondary N) is 1. The number of imidazole rings is 1. The van der Waals surface area contributed by atoms with Crippen molar-refractivity contribution in [2.24, 2.45) is 0 Å². The molecule has 454 valence electrons. The Labute approximate surface area is 496 Å². The van der Waals surface area contributed by atoms with E-state index in [4.69, 9.17) is 33.4 Å². The highest BCUT2D eigenvalue weighted by atomic mass is 16.7. The zero-order valence-corrected chi connectivity index (χ0v) is 49.8. The van der Waals surface area contributed by atoms with Crippen molar-refractivity contribution in [3.8, 4) is 0 Å². The summed E-state index contributed by atoms with van der Waals surface area (Å²) in [6.45, 7) is 7.52. The van der Waals surface area contributed by atoms with E-state index in [1.54, 1.807) is 72.1 Å². The smallest absolute Gasteiger partial charge is 0.408 e. The zero-order chi connectivity index (χ0) is 61.5. The Balaban J connectivity index is 1.25. The minimum absolute atomic E-state index is 0.0712. The van der Waals surface area contributed by atoms with Gasteiger partial charge in [0.1, 0.15) is 49.0 Å². The lowest BCUT2D eigenvalue weighted by molar-refractivity contribution is -0.165. The van der Waals surface area contributed by atoms with Crippen LogP contribution < -0.4 is 5.32 Å². The second kappa shape index (κ2) is 28.9. The number of piperazine rings is 2. The van der Waals surface area contributed by atoms with Crippen molar-refractivity contribution in [2.75, 3.05) is 80.3 Å². The minimum Gasteiger partial charge on any atom is -0.468 e. The maximum absolute atomic E-state index is 15.4. The summed E-state index contributed by atoms with van der Waals surface area (Å²) in [5, 5.41) is 2.63. The largest absolute Gasteiger partial charge is 0.468 e. The summed E-state index contributed by atoms with van der Waals surface area (Å²) in [6, 6.07) is 34.5. The highest BCUT2D eigenvalue weighted by molar-refractivity contribution is 5.97. The van der Waals surface area contributed by atoms with Crippen LogP contribution in [0.15, 0.2) is 134 Å². The second-order valence-corrected chi connectivity index (χ2v) is 22.7. The monoisotopic (exact) mass is 1170 g/mol. The number of aromatic nitrogens is 2. The molecule has 2 aliphatic rings. The van der Waals surface area contributed by atoms with Gasteiger partial charge >= 0.3 is 18.0 Å². The van der Waals surface area contributed by atoms with Gasteiger partial charge in [-0.1, -0.05) is 121 Å².